The molecule has 1 unspecified atom stereocenters. The van der Waals surface area contributed by atoms with Crippen molar-refractivity contribution in [2.24, 2.45) is 12.8 Å². The van der Waals surface area contributed by atoms with Gasteiger partial charge in [0.15, 0.2) is 11.6 Å². The molecule has 1 atom stereocenters. The van der Waals surface area contributed by atoms with Crippen LogP contribution in [-0.2, 0) is 13.5 Å². The molecule has 1 aromatic heterocycles. The van der Waals surface area contributed by atoms with Crippen molar-refractivity contribution in [3.05, 3.63) is 47.0 Å². The number of aryl methyl sites for hydroxylation is 2. The number of hydrogen-bond acceptors (Lipinski definition) is 3. The molecule has 2 aromatic rings. The first-order chi connectivity index (χ1) is 9.01. The molecule has 19 heavy (non-hydrogen) atoms. The van der Waals surface area contributed by atoms with E-state index in [0.29, 0.717) is 6.42 Å². The summed E-state index contributed by atoms with van der Waals surface area (Å²) in [5.74, 6) is -0.163. The van der Waals surface area contributed by atoms with Gasteiger partial charge in [-0.1, -0.05) is 6.07 Å². The summed E-state index contributed by atoms with van der Waals surface area (Å²) in [4.78, 5) is 0. The summed E-state index contributed by atoms with van der Waals surface area (Å²) in [5, 5.41) is 4.28. The molecule has 102 valence electrons. The fraction of sp³-hybridized carbons (Fsp3) is 0.357. The minimum Gasteiger partial charge on any atom is -0.494 e. The van der Waals surface area contributed by atoms with Crippen molar-refractivity contribution < 1.29 is 9.13 Å². The highest BCUT2D eigenvalue weighted by molar-refractivity contribution is 5.32. The Labute approximate surface area is 112 Å². The molecular formula is C14H18FN3O. The van der Waals surface area contributed by atoms with E-state index < -0.39 is 0 Å². The normalized spacial score (nSPS) is 12.5. The van der Waals surface area contributed by atoms with Gasteiger partial charge in [-0.2, -0.15) is 5.10 Å². The Morgan fingerprint density at radius 3 is 2.74 bits per heavy atom. The van der Waals surface area contributed by atoms with Crippen LogP contribution >= 0.6 is 0 Å². The van der Waals surface area contributed by atoms with Gasteiger partial charge in [0, 0.05) is 25.2 Å². The first-order valence-corrected chi connectivity index (χ1v) is 6.09. The topological polar surface area (TPSA) is 53.1 Å². The summed E-state index contributed by atoms with van der Waals surface area (Å²) in [6.07, 6.45) is 0.645. The molecule has 0 saturated heterocycles. The van der Waals surface area contributed by atoms with E-state index in [-0.39, 0.29) is 17.6 Å². The third-order valence-corrected chi connectivity index (χ3v) is 3.13. The lowest BCUT2D eigenvalue weighted by molar-refractivity contribution is 0.385. The Kier molecular flexibility index (Phi) is 3.85. The maximum atomic E-state index is 13.3. The maximum absolute atomic E-state index is 13.3. The average Bonchev–Trinajstić information content (AvgIpc) is 2.68. The number of benzene rings is 1. The molecule has 0 fully saturated rings. The number of methoxy groups -OCH3 is 1. The molecule has 0 radical (unpaired) electrons. The van der Waals surface area contributed by atoms with Crippen LogP contribution in [0.1, 0.15) is 23.0 Å². The number of hydrogen-bond donors (Lipinski definition) is 1. The van der Waals surface area contributed by atoms with Gasteiger partial charge in [-0.25, -0.2) is 4.39 Å². The molecule has 0 bridgehead atoms. The highest BCUT2D eigenvalue weighted by Crippen LogP contribution is 2.23. The second-order valence-corrected chi connectivity index (χ2v) is 4.61. The second-order valence-electron chi connectivity index (χ2n) is 4.61. The molecule has 2 N–H and O–H groups in total. The van der Waals surface area contributed by atoms with Crippen LogP contribution in [0.5, 0.6) is 5.75 Å². The lowest BCUT2D eigenvalue weighted by atomic mass is 10.0. The fourth-order valence-corrected chi connectivity index (χ4v) is 2.11. The lowest BCUT2D eigenvalue weighted by Crippen LogP contribution is -2.15. The van der Waals surface area contributed by atoms with E-state index in [2.05, 4.69) is 5.10 Å². The lowest BCUT2D eigenvalue weighted by Gasteiger charge is -2.13. The monoisotopic (exact) mass is 263 g/mol. The van der Waals surface area contributed by atoms with Crippen LogP contribution in [-0.4, -0.2) is 16.9 Å². The van der Waals surface area contributed by atoms with E-state index in [1.54, 1.807) is 12.1 Å². The van der Waals surface area contributed by atoms with Gasteiger partial charge in [0.2, 0.25) is 0 Å². The van der Waals surface area contributed by atoms with Crippen LogP contribution in [0.2, 0.25) is 0 Å². The molecule has 1 aromatic carbocycles. The highest BCUT2D eigenvalue weighted by atomic mass is 19.1. The Balaban J connectivity index is 2.20. The molecule has 1 heterocycles. The summed E-state index contributed by atoms with van der Waals surface area (Å²) in [6.45, 7) is 1.94. The number of ether oxygens (including phenoxy) is 1. The van der Waals surface area contributed by atoms with Crippen molar-refractivity contribution >= 4 is 0 Å². The average molecular weight is 263 g/mol. The molecule has 0 aliphatic carbocycles. The molecule has 0 aliphatic rings. The molecule has 0 aliphatic heterocycles. The zero-order valence-corrected chi connectivity index (χ0v) is 11.4. The minimum atomic E-state index is -0.380. The summed E-state index contributed by atoms with van der Waals surface area (Å²) < 4.78 is 20.1. The molecular weight excluding hydrogens is 245 g/mol. The zero-order valence-electron chi connectivity index (χ0n) is 11.4. The first-order valence-electron chi connectivity index (χ1n) is 6.09. The summed E-state index contributed by atoms with van der Waals surface area (Å²) in [7, 11) is 3.33. The largest absolute Gasteiger partial charge is 0.494 e. The van der Waals surface area contributed by atoms with Crippen LogP contribution in [0, 0.1) is 12.7 Å². The number of rotatable bonds is 4. The van der Waals surface area contributed by atoms with E-state index in [1.807, 2.05) is 24.7 Å². The Bertz CT molecular complexity index is 580. The van der Waals surface area contributed by atoms with Crippen LogP contribution in [0.3, 0.4) is 0 Å². The van der Waals surface area contributed by atoms with E-state index in [9.17, 15) is 4.39 Å². The molecule has 5 heteroatoms. The van der Waals surface area contributed by atoms with Gasteiger partial charge in [0.25, 0.3) is 0 Å². The van der Waals surface area contributed by atoms with Crippen LogP contribution in [0.4, 0.5) is 4.39 Å². The van der Waals surface area contributed by atoms with Crippen molar-refractivity contribution in [3.63, 3.8) is 0 Å². The number of halogens is 1. The fourth-order valence-electron chi connectivity index (χ4n) is 2.11. The second kappa shape index (κ2) is 5.40. The van der Waals surface area contributed by atoms with E-state index in [0.717, 1.165) is 17.0 Å². The number of aromatic nitrogens is 2. The van der Waals surface area contributed by atoms with Crippen molar-refractivity contribution in [2.45, 2.75) is 19.4 Å². The third kappa shape index (κ3) is 2.93. The summed E-state index contributed by atoms with van der Waals surface area (Å²) in [5.41, 5.74) is 9.01. The highest BCUT2D eigenvalue weighted by Gasteiger charge is 2.13. The molecule has 4 nitrogen and oxygen atoms in total. The van der Waals surface area contributed by atoms with E-state index in [4.69, 9.17) is 10.5 Å². The van der Waals surface area contributed by atoms with Crippen molar-refractivity contribution in [1.29, 1.82) is 0 Å². The zero-order chi connectivity index (χ0) is 14.0. The van der Waals surface area contributed by atoms with Gasteiger partial charge >= 0.3 is 0 Å². The first kappa shape index (κ1) is 13.5. The van der Waals surface area contributed by atoms with Crippen molar-refractivity contribution in [3.8, 4) is 5.75 Å². The molecule has 0 saturated carbocycles. The van der Waals surface area contributed by atoms with E-state index in [1.165, 1.54) is 13.2 Å². The number of nitrogens with two attached hydrogens (primary N) is 1. The predicted octanol–water partition coefficient (Wildman–Crippen LogP) is 2.12. The Hall–Kier alpha value is -1.88. The van der Waals surface area contributed by atoms with Crippen LogP contribution in [0.25, 0.3) is 0 Å². The van der Waals surface area contributed by atoms with Gasteiger partial charge < -0.3 is 10.5 Å². The third-order valence-electron chi connectivity index (χ3n) is 3.13. The van der Waals surface area contributed by atoms with Crippen molar-refractivity contribution in [1.82, 2.24) is 9.78 Å². The molecule has 0 amide bonds. The van der Waals surface area contributed by atoms with Crippen LogP contribution < -0.4 is 10.5 Å². The van der Waals surface area contributed by atoms with Crippen LogP contribution in [0.15, 0.2) is 24.3 Å². The van der Waals surface area contributed by atoms with E-state index >= 15 is 0 Å². The van der Waals surface area contributed by atoms with Crippen molar-refractivity contribution in [2.75, 3.05) is 7.11 Å². The van der Waals surface area contributed by atoms with Gasteiger partial charge in [-0.05, 0) is 30.7 Å². The Morgan fingerprint density at radius 1 is 1.42 bits per heavy atom. The van der Waals surface area contributed by atoms with Gasteiger partial charge in [-0.15, -0.1) is 0 Å². The Morgan fingerprint density at radius 2 is 2.16 bits per heavy atom. The molecule has 2 rings (SSSR count). The standard InChI is InChI=1S/C14H18FN3O/c1-9-6-11(18(2)17-9)8-13(16)10-4-5-12(15)14(7-10)19-3/h4-7,13H,8,16H2,1-3H3. The quantitative estimate of drug-likeness (QED) is 0.919. The summed E-state index contributed by atoms with van der Waals surface area (Å²) >= 11 is 0. The van der Waals surface area contributed by atoms with Gasteiger partial charge in [-0.3, -0.25) is 4.68 Å². The minimum absolute atomic E-state index is 0.217. The SMILES string of the molecule is COc1cc(C(N)Cc2cc(C)nn2C)ccc1F. The predicted molar refractivity (Wildman–Crippen MR) is 71.5 cm³/mol. The smallest absolute Gasteiger partial charge is 0.165 e. The molecule has 0 spiro atoms. The maximum Gasteiger partial charge on any atom is 0.165 e. The van der Waals surface area contributed by atoms with Gasteiger partial charge in [0.05, 0.1) is 12.8 Å². The van der Waals surface area contributed by atoms with Gasteiger partial charge in [0.1, 0.15) is 0 Å². The number of nitrogens with zero attached hydrogens (tertiary/aromatic N) is 2. The summed E-state index contributed by atoms with van der Waals surface area (Å²) in [6, 6.07) is 6.49.